The van der Waals surface area contributed by atoms with Crippen LogP contribution in [-0.4, -0.2) is 36.3 Å². The maximum absolute atomic E-state index is 11.8. The molecule has 110 valence electrons. The number of anilines is 1. The highest BCUT2D eigenvalue weighted by molar-refractivity contribution is 5.90. The second-order valence-electron chi connectivity index (χ2n) is 5.45. The molecule has 1 atom stereocenters. The van der Waals surface area contributed by atoms with E-state index in [1.165, 1.54) is 4.90 Å². The zero-order valence-corrected chi connectivity index (χ0v) is 11.9. The van der Waals surface area contributed by atoms with Crippen LogP contribution < -0.4 is 4.90 Å². The van der Waals surface area contributed by atoms with Crippen molar-refractivity contribution < 1.29 is 14.6 Å². The van der Waals surface area contributed by atoms with Crippen molar-refractivity contribution in [3.05, 3.63) is 23.3 Å². The average molecular weight is 287 g/mol. The fraction of sp³-hybridized carbons (Fsp3) is 0.467. The van der Waals surface area contributed by atoms with Gasteiger partial charge in [-0.15, -0.1) is 0 Å². The van der Waals surface area contributed by atoms with Gasteiger partial charge in [-0.05, 0) is 36.7 Å². The van der Waals surface area contributed by atoms with Crippen LogP contribution in [0.5, 0.6) is 5.75 Å². The van der Waals surface area contributed by atoms with E-state index in [0.29, 0.717) is 31.8 Å². The lowest BCUT2D eigenvalue weighted by atomic mass is 10.0. The summed E-state index contributed by atoms with van der Waals surface area (Å²) >= 11 is 0. The molecule has 21 heavy (non-hydrogen) atoms. The lowest BCUT2D eigenvalue weighted by Crippen LogP contribution is -2.37. The van der Waals surface area contributed by atoms with Gasteiger partial charge in [0.05, 0.1) is 24.8 Å². The number of amides is 1. The van der Waals surface area contributed by atoms with E-state index in [4.69, 9.17) is 10.00 Å². The van der Waals surface area contributed by atoms with Crippen LogP contribution in [-0.2, 0) is 11.3 Å². The van der Waals surface area contributed by atoms with Gasteiger partial charge in [0, 0.05) is 19.1 Å². The van der Waals surface area contributed by atoms with Crippen molar-refractivity contribution in [1.29, 1.82) is 5.26 Å². The number of cyclic esters (lactones) is 1. The third kappa shape index (κ3) is 2.30. The number of phenolic OH excluding ortho intramolecular Hbond substituents is 1. The SMILES string of the molecule is CN1Cc2cc(N3CCCOC3=O)c(O)cc2C1CC#N. The van der Waals surface area contributed by atoms with Crippen LogP contribution in [0.25, 0.3) is 0 Å². The maximum Gasteiger partial charge on any atom is 0.414 e. The summed E-state index contributed by atoms with van der Waals surface area (Å²) in [4.78, 5) is 15.4. The Balaban J connectivity index is 1.98. The molecule has 0 saturated carbocycles. The van der Waals surface area contributed by atoms with Gasteiger partial charge in [0.25, 0.3) is 0 Å². The Bertz CT molecular complexity index is 623. The lowest BCUT2D eigenvalue weighted by molar-refractivity contribution is 0.140. The molecular weight excluding hydrogens is 270 g/mol. The highest BCUT2D eigenvalue weighted by Crippen LogP contribution is 2.41. The van der Waals surface area contributed by atoms with Gasteiger partial charge in [-0.25, -0.2) is 4.79 Å². The van der Waals surface area contributed by atoms with Crippen molar-refractivity contribution in [3.8, 4) is 11.8 Å². The van der Waals surface area contributed by atoms with E-state index in [9.17, 15) is 9.90 Å². The predicted octanol–water partition coefficient (Wildman–Crippen LogP) is 2.14. The molecule has 2 heterocycles. The van der Waals surface area contributed by atoms with E-state index in [-0.39, 0.29) is 11.8 Å². The number of phenols is 1. The summed E-state index contributed by atoms with van der Waals surface area (Å²) < 4.78 is 5.02. The number of carbonyl (C=O) groups excluding carboxylic acids is 1. The zero-order chi connectivity index (χ0) is 15.0. The van der Waals surface area contributed by atoms with E-state index >= 15 is 0 Å². The highest BCUT2D eigenvalue weighted by atomic mass is 16.6. The van der Waals surface area contributed by atoms with Gasteiger partial charge in [-0.1, -0.05) is 0 Å². The zero-order valence-electron chi connectivity index (χ0n) is 11.9. The Morgan fingerprint density at radius 2 is 2.33 bits per heavy atom. The standard InChI is InChI=1S/C15H17N3O3/c1-17-9-10-7-13(18-5-2-6-21-15(18)20)14(19)8-11(10)12(17)3-4-16/h7-8,12,19H,2-3,5-6,9H2,1H3. The maximum atomic E-state index is 11.8. The van der Waals surface area contributed by atoms with Crippen LogP contribution in [0.1, 0.15) is 30.0 Å². The van der Waals surface area contributed by atoms with E-state index in [1.54, 1.807) is 6.07 Å². The van der Waals surface area contributed by atoms with E-state index in [2.05, 4.69) is 11.0 Å². The number of nitriles is 1. The smallest absolute Gasteiger partial charge is 0.414 e. The summed E-state index contributed by atoms with van der Waals surface area (Å²) in [5.74, 6) is 0.0610. The number of hydrogen-bond acceptors (Lipinski definition) is 5. The first kappa shape index (κ1) is 13.7. The molecule has 1 saturated heterocycles. The summed E-state index contributed by atoms with van der Waals surface area (Å²) in [6.07, 6.45) is 0.712. The Kier molecular flexibility index (Phi) is 3.43. The molecule has 1 fully saturated rings. The molecule has 2 aliphatic heterocycles. The van der Waals surface area contributed by atoms with Gasteiger partial charge in [0.15, 0.2) is 0 Å². The van der Waals surface area contributed by atoms with Crippen LogP contribution in [0.2, 0.25) is 0 Å². The molecule has 0 aliphatic carbocycles. The number of nitrogens with zero attached hydrogens (tertiary/aromatic N) is 3. The van der Waals surface area contributed by atoms with Crippen LogP contribution in [0.15, 0.2) is 12.1 Å². The van der Waals surface area contributed by atoms with Gasteiger partial charge in [0.1, 0.15) is 5.75 Å². The Morgan fingerprint density at radius 3 is 3.05 bits per heavy atom. The summed E-state index contributed by atoms with van der Waals surface area (Å²) in [6.45, 7) is 1.68. The van der Waals surface area contributed by atoms with E-state index in [1.807, 2.05) is 13.1 Å². The first-order valence-corrected chi connectivity index (χ1v) is 6.99. The first-order valence-electron chi connectivity index (χ1n) is 6.99. The minimum Gasteiger partial charge on any atom is -0.506 e. The van der Waals surface area contributed by atoms with Crippen molar-refractivity contribution in [2.45, 2.75) is 25.4 Å². The molecule has 6 nitrogen and oxygen atoms in total. The van der Waals surface area contributed by atoms with E-state index in [0.717, 1.165) is 17.5 Å². The number of benzene rings is 1. The Hall–Kier alpha value is -2.26. The number of rotatable bonds is 2. The van der Waals surface area contributed by atoms with Crippen molar-refractivity contribution in [2.24, 2.45) is 0 Å². The topological polar surface area (TPSA) is 76.8 Å². The van der Waals surface area contributed by atoms with Gasteiger partial charge in [-0.2, -0.15) is 5.26 Å². The second-order valence-corrected chi connectivity index (χ2v) is 5.45. The van der Waals surface area contributed by atoms with Crippen LogP contribution in [0.4, 0.5) is 10.5 Å². The molecule has 0 spiro atoms. The molecule has 6 heteroatoms. The molecule has 0 radical (unpaired) electrons. The summed E-state index contributed by atoms with van der Waals surface area (Å²) in [6, 6.07) is 5.69. The molecule has 1 unspecified atom stereocenters. The van der Waals surface area contributed by atoms with E-state index < -0.39 is 6.09 Å². The van der Waals surface area contributed by atoms with Crippen LogP contribution in [0.3, 0.4) is 0 Å². The molecule has 1 aromatic rings. The molecule has 1 aromatic carbocycles. The lowest BCUT2D eigenvalue weighted by Gasteiger charge is -2.27. The first-order chi connectivity index (χ1) is 10.1. The molecule has 2 aliphatic rings. The van der Waals surface area contributed by atoms with Gasteiger partial charge in [0.2, 0.25) is 0 Å². The minimum absolute atomic E-state index is 0.00161. The number of aromatic hydroxyl groups is 1. The van der Waals surface area contributed by atoms with Crippen LogP contribution in [0, 0.1) is 11.3 Å². The van der Waals surface area contributed by atoms with Crippen molar-refractivity contribution in [1.82, 2.24) is 4.90 Å². The number of ether oxygens (including phenoxy) is 1. The summed E-state index contributed by atoms with van der Waals surface area (Å²) in [5.41, 5.74) is 2.50. The van der Waals surface area contributed by atoms with Gasteiger partial charge < -0.3 is 9.84 Å². The Labute approximate surface area is 123 Å². The largest absolute Gasteiger partial charge is 0.506 e. The van der Waals surface area contributed by atoms with Gasteiger partial charge in [-0.3, -0.25) is 9.80 Å². The molecule has 0 aromatic heterocycles. The molecule has 1 N–H and O–H groups in total. The Morgan fingerprint density at radius 1 is 1.52 bits per heavy atom. The third-order valence-electron chi connectivity index (χ3n) is 4.09. The quantitative estimate of drug-likeness (QED) is 0.901. The third-order valence-corrected chi connectivity index (χ3v) is 4.09. The fourth-order valence-electron chi connectivity index (χ4n) is 3.04. The number of hydrogen-bond donors (Lipinski definition) is 1. The molecular formula is C15H17N3O3. The van der Waals surface area contributed by atoms with Crippen molar-refractivity contribution in [3.63, 3.8) is 0 Å². The monoisotopic (exact) mass is 287 g/mol. The number of carbonyl (C=O) groups is 1. The summed E-state index contributed by atoms with van der Waals surface area (Å²) in [5, 5.41) is 19.2. The predicted molar refractivity (Wildman–Crippen MR) is 75.9 cm³/mol. The second kappa shape index (κ2) is 5.26. The minimum atomic E-state index is -0.420. The van der Waals surface area contributed by atoms with Gasteiger partial charge >= 0.3 is 6.09 Å². The van der Waals surface area contributed by atoms with Crippen LogP contribution >= 0.6 is 0 Å². The molecule has 0 bridgehead atoms. The highest BCUT2D eigenvalue weighted by Gasteiger charge is 2.31. The number of fused-ring (bicyclic) bond motifs is 1. The average Bonchev–Trinajstić information content (AvgIpc) is 2.75. The summed E-state index contributed by atoms with van der Waals surface area (Å²) in [7, 11) is 1.95. The molecule has 3 rings (SSSR count). The molecule has 1 amide bonds. The normalized spacial score (nSPS) is 21.8. The van der Waals surface area contributed by atoms with Crippen molar-refractivity contribution >= 4 is 11.8 Å². The van der Waals surface area contributed by atoms with Crippen molar-refractivity contribution in [2.75, 3.05) is 25.1 Å². The fourth-order valence-corrected chi connectivity index (χ4v) is 3.04.